The van der Waals surface area contributed by atoms with Gasteiger partial charge in [0.2, 0.25) is 0 Å². The van der Waals surface area contributed by atoms with Crippen LogP contribution in [-0.4, -0.2) is 0 Å². The fourth-order valence-electron chi connectivity index (χ4n) is 9.48. The summed E-state index contributed by atoms with van der Waals surface area (Å²) < 4.78 is 0. The Bertz CT molecular complexity index is 3290. The lowest BCUT2D eigenvalue weighted by Crippen LogP contribution is -2.14. The molecule has 63 heavy (non-hydrogen) atoms. The maximum absolute atomic E-state index is 2.56. The summed E-state index contributed by atoms with van der Waals surface area (Å²) in [6.45, 7) is 0. The van der Waals surface area contributed by atoms with Crippen molar-refractivity contribution in [3.63, 3.8) is 0 Å². The minimum absolute atomic E-state index is 1.06. The van der Waals surface area contributed by atoms with Gasteiger partial charge in [-0.2, -0.15) is 0 Å². The molecule has 0 aliphatic rings. The molecule has 11 aromatic carbocycles. The summed E-state index contributed by atoms with van der Waals surface area (Å²) in [5.74, 6) is 0. The molecule has 0 spiro atoms. The highest BCUT2D eigenvalue weighted by atomic mass is 15.1. The van der Waals surface area contributed by atoms with E-state index in [1.165, 1.54) is 60.5 Å². The maximum atomic E-state index is 2.56. The predicted octanol–water partition coefficient (Wildman–Crippen LogP) is 17.5. The van der Waals surface area contributed by atoms with E-state index in [1.807, 2.05) is 0 Å². The van der Waals surface area contributed by atoms with Gasteiger partial charge >= 0.3 is 0 Å². The van der Waals surface area contributed by atoms with Gasteiger partial charge in [0.25, 0.3) is 0 Å². The first kappa shape index (κ1) is 37.7. The van der Waals surface area contributed by atoms with Gasteiger partial charge in [0, 0.05) is 27.8 Å². The zero-order valence-electron chi connectivity index (χ0n) is 34.8. The van der Waals surface area contributed by atoms with E-state index < -0.39 is 0 Å². The summed E-state index contributed by atoms with van der Waals surface area (Å²) in [6.07, 6.45) is 0. The van der Waals surface area contributed by atoms with Crippen LogP contribution in [0.15, 0.2) is 261 Å². The molecule has 296 valence electrons. The van der Waals surface area contributed by atoms with Crippen molar-refractivity contribution in [3.8, 4) is 66.8 Å². The zero-order valence-corrected chi connectivity index (χ0v) is 34.8. The predicted molar refractivity (Wildman–Crippen MR) is 269 cm³/mol. The Morgan fingerprint density at radius 3 is 1.16 bits per heavy atom. The van der Waals surface area contributed by atoms with Crippen LogP contribution in [-0.2, 0) is 0 Å². The Morgan fingerprint density at radius 1 is 0.238 bits per heavy atom. The number of fused-ring (bicyclic) bond motifs is 3. The highest BCUT2D eigenvalue weighted by Gasteiger charge is 2.27. The Labute approximate surface area is 369 Å². The molecule has 11 aromatic rings. The Kier molecular flexibility index (Phi) is 9.97. The van der Waals surface area contributed by atoms with Crippen LogP contribution in [0.5, 0.6) is 0 Å². The first-order valence-corrected chi connectivity index (χ1v) is 21.7. The van der Waals surface area contributed by atoms with E-state index >= 15 is 0 Å². The van der Waals surface area contributed by atoms with E-state index in [9.17, 15) is 0 Å². The molecule has 1 nitrogen and oxygen atoms in total. The van der Waals surface area contributed by atoms with E-state index in [0.717, 1.165) is 44.9 Å². The molecule has 0 radical (unpaired) electrons. The van der Waals surface area contributed by atoms with E-state index in [0.29, 0.717) is 0 Å². The number of nitrogens with zero attached hydrogens (tertiary/aromatic N) is 1. The van der Waals surface area contributed by atoms with Crippen LogP contribution in [0.25, 0.3) is 88.3 Å². The summed E-state index contributed by atoms with van der Waals surface area (Å²) >= 11 is 0. The van der Waals surface area contributed by atoms with Crippen LogP contribution in [0.4, 0.5) is 17.1 Å². The van der Waals surface area contributed by atoms with Crippen LogP contribution in [0.2, 0.25) is 0 Å². The zero-order chi connectivity index (χ0) is 42.0. The topological polar surface area (TPSA) is 3.24 Å². The van der Waals surface area contributed by atoms with Crippen molar-refractivity contribution in [1.82, 2.24) is 0 Å². The summed E-state index contributed by atoms with van der Waals surface area (Å²) in [6, 6.07) is 94.9. The lowest BCUT2D eigenvalue weighted by atomic mass is 9.84. The van der Waals surface area contributed by atoms with Crippen molar-refractivity contribution in [1.29, 1.82) is 0 Å². The highest BCUT2D eigenvalue weighted by Crippen LogP contribution is 2.53. The molecule has 0 aliphatic carbocycles. The number of hydrogen-bond acceptors (Lipinski definition) is 1. The second-order valence-corrected chi connectivity index (χ2v) is 16.0. The number of anilines is 3. The Hall–Kier alpha value is -8.26. The molecule has 11 rings (SSSR count). The van der Waals surface area contributed by atoms with Gasteiger partial charge in [-0.3, -0.25) is 0 Å². The lowest BCUT2D eigenvalue weighted by molar-refractivity contribution is 1.30. The molecule has 0 aliphatic heterocycles. The highest BCUT2D eigenvalue weighted by molar-refractivity contribution is 6.25. The smallest absolute Gasteiger partial charge is 0.0618 e. The third kappa shape index (κ3) is 6.96. The molecule has 0 heterocycles. The molecule has 0 atom stereocenters. The number of rotatable bonds is 9. The molecule has 0 bridgehead atoms. The van der Waals surface area contributed by atoms with E-state index in [2.05, 4.69) is 266 Å². The van der Waals surface area contributed by atoms with Gasteiger partial charge in [0.15, 0.2) is 0 Å². The largest absolute Gasteiger partial charge is 0.309 e. The first-order chi connectivity index (χ1) is 31.3. The van der Waals surface area contributed by atoms with E-state index in [1.54, 1.807) is 0 Å². The number of hydrogen-bond donors (Lipinski definition) is 0. The maximum Gasteiger partial charge on any atom is 0.0618 e. The van der Waals surface area contributed by atoms with Crippen molar-refractivity contribution in [2.45, 2.75) is 0 Å². The quantitative estimate of drug-likeness (QED) is 0.131. The summed E-state index contributed by atoms with van der Waals surface area (Å²) in [7, 11) is 0. The van der Waals surface area contributed by atoms with Crippen LogP contribution in [0, 0.1) is 0 Å². The minimum Gasteiger partial charge on any atom is -0.309 e. The number of benzene rings is 11. The summed E-state index contributed by atoms with van der Waals surface area (Å²) in [4.78, 5) is 2.56. The fourth-order valence-corrected chi connectivity index (χ4v) is 9.48. The SMILES string of the molecule is c1ccc(-c2ccc(N(c3c(-c4ccccc4)cccc3-c3ccccc3)c3cccc4c3c(-c3ccccc3)c(-c3ccccc3)c3ccccc34)cc2-c2ccccc2)cc1. The van der Waals surface area contributed by atoms with Crippen molar-refractivity contribution in [3.05, 3.63) is 261 Å². The summed E-state index contributed by atoms with van der Waals surface area (Å²) in [5.41, 5.74) is 17.4. The van der Waals surface area contributed by atoms with Gasteiger partial charge < -0.3 is 4.90 Å². The molecular formula is C62H43N. The van der Waals surface area contributed by atoms with Crippen molar-refractivity contribution in [2.75, 3.05) is 4.90 Å². The van der Waals surface area contributed by atoms with Gasteiger partial charge in [0.1, 0.15) is 0 Å². The van der Waals surface area contributed by atoms with Gasteiger partial charge in [-0.25, -0.2) is 0 Å². The molecule has 0 saturated carbocycles. The van der Waals surface area contributed by atoms with Crippen LogP contribution < -0.4 is 4.90 Å². The molecule has 0 aromatic heterocycles. The lowest BCUT2D eigenvalue weighted by Gasteiger charge is -2.33. The van der Waals surface area contributed by atoms with Crippen LogP contribution >= 0.6 is 0 Å². The normalized spacial score (nSPS) is 11.2. The van der Waals surface area contributed by atoms with Crippen LogP contribution in [0.3, 0.4) is 0 Å². The van der Waals surface area contributed by atoms with Crippen molar-refractivity contribution < 1.29 is 0 Å². The molecule has 1 heteroatoms. The van der Waals surface area contributed by atoms with Gasteiger partial charge in [-0.05, 0) is 84.4 Å². The Morgan fingerprint density at radius 2 is 0.635 bits per heavy atom. The fraction of sp³-hybridized carbons (Fsp3) is 0. The molecular weight excluding hydrogens is 759 g/mol. The molecule has 0 amide bonds. The molecule has 0 N–H and O–H groups in total. The third-order valence-electron chi connectivity index (χ3n) is 12.3. The molecule has 0 unspecified atom stereocenters. The third-order valence-corrected chi connectivity index (χ3v) is 12.3. The van der Waals surface area contributed by atoms with Gasteiger partial charge in [-0.1, -0.05) is 243 Å². The van der Waals surface area contributed by atoms with Crippen molar-refractivity contribution in [2.24, 2.45) is 0 Å². The Balaban J connectivity index is 1.34. The van der Waals surface area contributed by atoms with Gasteiger partial charge in [0.05, 0.1) is 11.4 Å². The standard InChI is InChI=1S/C62H43N/c1-7-23-44(24-8-1)51-42-41-50(43-57(51)47-29-13-4-14-30-47)63(62-52(45-25-9-2-10-26-45)37-21-38-53(62)46-27-11-3-12-28-46)58-40-22-39-56-54-35-19-20-36-55(54)59(48-31-15-5-16-32-48)60(61(56)58)49-33-17-6-18-34-49/h1-43H. The van der Waals surface area contributed by atoms with E-state index in [-0.39, 0.29) is 0 Å². The second-order valence-electron chi connectivity index (χ2n) is 16.0. The molecule has 0 fully saturated rings. The monoisotopic (exact) mass is 801 g/mol. The second kappa shape index (κ2) is 16.7. The average molecular weight is 802 g/mol. The van der Waals surface area contributed by atoms with Crippen LogP contribution in [0.1, 0.15) is 0 Å². The first-order valence-electron chi connectivity index (χ1n) is 21.7. The minimum atomic E-state index is 1.06. The van der Waals surface area contributed by atoms with Crippen molar-refractivity contribution >= 4 is 38.6 Å². The molecule has 0 saturated heterocycles. The number of para-hydroxylation sites is 1. The van der Waals surface area contributed by atoms with E-state index in [4.69, 9.17) is 0 Å². The summed E-state index contributed by atoms with van der Waals surface area (Å²) in [5, 5.41) is 4.84. The average Bonchev–Trinajstić information content (AvgIpc) is 3.37. The van der Waals surface area contributed by atoms with Gasteiger partial charge in [-0.15, -0.1) is 0 Å².